The fourth-order valence-corrected chi connectivity index (χ4v) is 16.9. The van der Waals surface area contributed by atoms with E-state index in [-0.39, 0.29) is 144 Å². The molecule has 0 unspecified atom stereocenters. The molecule has 6 aliphatic heterocycles. The first-order valence-electron chi connectivity index (χ1n) is 25.6. The molecule has 4 aromatic carbocycles. The third kappa shape index (κ3) is 21.4. The van der Waals surface area contributed by atoms with Crippen LogP contribution in [-0.2, 0) is 56.8 Å². The van der Waals surface area contributed by atoms with Crippen molar-refractivity contribution in [3.8, 4) is 46.0 Å². The molecular formula is C48H48Br8F10K2O20Si2. The summed E-state index contributed by atoms with van der Waals surface area (Å²) in [6.45, 7) is 14.1. The second-order valence-electron chi connectivity index (χ2n) is 17.4. The fraction of sp³-hybridized carbons (Fsp3) is 0.500. The van der Waals surface area contributed by atoms with Crippen molar-refractivity contribution in [2.75, 3.05) is 159 Å². The molecule has 6 aliphatic rings. The standard InChI is InChI=1S/2C12Br4F5O4Si.2C12H24O6.2K/c2*13-1-2(14)4(16)10-9(3(1)15)22-26(21,23-10)24-11-7(19)5(17)6(18)8(20)12(11)25-26;2*1-2-14-5-6-16-9-10-18-12-11-17-8-7-15-4-3-13-1;;/h;;2*1-12H2;;/q2*-1;;;2*+1. The molecule has 0 amide bonds. The number of rotatable bonds is 0. The second kappa shape index (κ2) is 38.4. The van der Waals surface area contributed by atoms with Crippen LogP contribution in [0.4, 0.5) is 43.3 Å². The Balaban J connectivity index is 0.000000220. The fourth-order valence-electron chi connectivity index (χ4n) is 7.29. The Morgan fingerprint density at radius 2 is 0.300 bits per heavy atom. The minimum Gasteiger partial charge on any atom is 1.00 e. The first kappa shape index (κ1) is 82.3. The van der Waals surface area contributed by atoms with Crippen LogP contribution in [0.5, 0.6) is 46.0 Å². The molecule has 0 saturated carbocycles. The van der Waals surface area contributed by atoms with Crippen LogP contribution in [0.15, 0.2) is 35.8 Å². The van der Waals surface area contributed by atoms with E-state index in [2.05, 4.69) is 145 Å². The monoisotopic (exact) mass is 1900 g/mol. The van der Waals surface area contributed by atoms with E-state index in [1.54, 1.807) is 0 Å². The molecule has 0 atom stereocenters. The average Bonchev–Trinajstić information content (AvgIpc) is 1.55. The van der Waals surface area contributed by atoms with E-state index in [1.807, 2.05) is 0 Å². The number of hydrogen-bond donors (Lipinski definition) is 0. The van der Waals surface area contributed by atoms with Gasteiger partial charge in [-0.05, 0) is 0 Å². The Morgan fingerprint density at radius 3 is 0.422 bits per heavy atom. The van der Waals surface area contributed by atoms with E-state index < -0.39 is 86.9 Å². The predicted molar refractivity (Wildman–Crippen MR) is 316 cm³/mol. The third-order valence-corrected chi connectivity index (χ3v) is 25.0. The van der Waals surface area contributed by atoms with Crippen LogP contribution in [-0.4, -0.2) is 176 Å². The molecule has 0 radical (unpaired) electrons. The van der Waals surface area contributed by atoms with Gasteiger partial charge in [0.05, 0.1) is 159 Å². The minimum atomic E-state index is -6.51. The van der Waals surface area contributed by atoms with Gasteiger partial charge in [0.1, 0.15) is 0 Å². The van der Waals surface area contributed by atoms with Crippen molar-refractivity contribution in [2.45, 2.75) is 0 Å². The largest absolute Gasteiger partial charge is 1.00 e. The second-order valence-corrected chi connectivity index (χ2v) is 28.7. The number of halogens is 18. The van der Waals surface area contributed by atoms with Crippen LogP contribution >= 0.6 is 127 Å². The van der Waals surface area contributed by atoms with E-state index in [0.29, 0.717) is 176 Å². The summed E-state index contributed by atoms with van der Waals surface area (Å²) in [6.07, 6.45) is 0. The van der Waals surface area contributed by atoms with Crippen molar-refractivity contribution in [1.82, 2.24) is 0 Å². The van der Waals surface area contributed by atoms with Gasteiger partial charge in [0.2, 0.25) is 0 Å². The topological polar surface area (TPSA) is 185 Å². The Hall–Kier alpha value is 1.65. The molecule has 4 aromatic rings. The Bertz CT molecular complexity index is 2440. The van der Waals surface area contributed by atoms with E-state index in [9.17, 15) is 35.1 Å². The van der Waals surface area contributed by atoms with Gasteiger partial charge in [0.25, 0.3) is 0 Å². The van der Waals surface area contributed by atoms with Gasteiger partial charge in [-0.3, -0.25) is 0 Å². The summed E-state index contributed by atoms with van der Waals surface area (Å²) < 4.78 is 246. The van der Waals surface area contributed by atoms with Crippen LogP contribution in [0.3, 0.4) is 0 Å². The molecule has 2 saturated heterocycles. The smallest absolute Gasteiger partial charge is 1.00 e. The summed E-state index contributed by atoms with van der Waals surface area (Å²) in [5, 5.41) is 0. The van der Waals surface area contributed by atoms with Crippen LogP contribution in [0.1, 0.15) is 0 Å². The van der Waals surface area contributed by atoms with Crippen molar-refractivity contribution in [3.05, 3.63) is 82.3 Å². The van der Waals surface area contributed by atoms with Gasteiger partial charge in [-0.1, -0.05) is 0 Å². The number of benzene rings is 4. The van der Waals surface area contributed by atoms with Crippen molar-refractivity contribution >= 4 is 145 Å². The number of fused-ring (bicyclic) bond motifs is 4. The van der Waals surface area contributed by atoms with Crippen LogP contribution in [0.25, 0.3) is 0 Å². The van der Waals surface area contributed by atoms with Gasteiger partial charge in [-0.25, -0.2) is 0 Å². The molecule has 2 spiro atoms. The summed E-state index contributed by atoms with van der Waals surface area (Å²) >= 11 is 25.3. The van der Waals surface area contributed by atoms with Crippen LogP contribution in [0, 0.1) is 46.5 Å². The number of ether oxygens (including phenoxy) is 12. The molecule has 496 valence electrons. The molecule has 10 rings (SSSR count). The molecule has 20 nitrogen and oxygen atoms in total. The maximum absolute atomic E-state index is 15.7. The summed E-state index contributed by atoms with van der Waals surface area (Å²) in [5.74, 6) is -23.0. The summed E-state index contributed by atoms with van der Waals surface area (Å²) in [4.78, 5) is 0. The molecule has 6 heterocycles. The molecule has 0 aromatic heterocycles. The predicted octanol–water partition coefficient (Wildman–Crippen LogP) is 6.99. The van der Waals surface area contributed by atoms with Gasteiger partial charge in [0, 0.05) is 0 Å². The SMILES string of the molecule is C1COCCOCCOCCOCCOCCO1.C1COCCOCCOCCOCCOCCO1.Fc1c(F)c(F)c2c(c1F)O[Si-]1(F)(O2)Oc2c(Br)c(Br)c(Br)c(Br)c2O1.Fc1c(F)c(F)c2c(c1F)O[Si-]1(F)(O2)Oc2c(Br)c(Br)c(Br)c(Br)c2O1.[K+].[K+]. The Morgan fingerprint density at radius 1 is 0.189 bits per heavy atom. The maximum atomic E-state index is 15.7. The molecule has 42 heteroatoms. The quantitative estimate of drug-likeness (QED) is 0.0576. The van der Waals surface area contributed by atoms with Crippen LogP contribution in [0.2, 0.25) is 0 Å². The van der Waals surface area contributed by atoms with Crippen LogP contribution < -0.4 is 138 Å². The van der Waals surface area contributed by atoms with E-state index in [4.69, 9.17) is 74.5 Å². The Kier molecular flexibility index (Phi) is 35.2. The minimum absolute atomic E-state index is 0. The molecular weight excluding hydrogens is 1860 g/mol. The van der Waals surface area contributed by atoms with Crippen molar-refractivity contribution < 1.29 is 238 Å². The average molecular weight is 1910 g/mol. The zero-order chi connectivity index (χ0) is 63.9. The van der Waals surface area contributed by atoms with E-state index >= 15 is 8.22 Å². The molecule has 90 heavy (non-hydrogen) atoms. The summed E-state index contributed by atoms with van der Waals surface area (Å²) in [6, 6.07) is 0. The Labute approximate surface area is 660 Å². The summed E-state index contributed by atoms with van der Waals surface area (Å²) in [7, 11) is -13.0. The van der Waals surface area contributed by atoms with E-state index in [1.165, 1.54) is 0 Å². The molecule has 0 N–H and O–H groups in total. The molecule has 0 aliphatic carbocycles. The van der Waals surface area contributed by atoms with Gasteiger partial charge in [-0.15, -0.1) is 0 Å². The molecule has 2 fully saturated rings. The zero-order valence-corrected chi connectivity index (χ0v) is 67.9. The van der Waals surface area contributed by atoms with Crippen molar-refractivity contribution in [3.63, 3.8) is 0 Å². The van der Waals surface area contributed by atoms with Gasteiger partial charge in [0.15, 0.2) is 0 Å². The summed E-state index contributed by atoms with van der Waals surface area (Å²) in [5.41, 5.74) is 0. The first-order valence-corrected chi connectivity index (χ1v) is 36.0. The molecule has 0 bridgehead atoms. The van der Waals surface area contributed by atoms with Crippen molar-refractivity contribution in [2.24, 2.45) is 0 Å². The van der Waals surface area contributed by atoms with E-state index in [0.717, 1.165) is 0 Å². The first-order chi connectivity index (χ1) is 41.9. The van der Waals surface area contributed by atoms with Gasteiger partial charge < -0.3 is 56.8 Å². The third-order valence-electron chi connectivity index (χ3n) is 11.3. The number of hydrogen-bond acceptors (Lipinski definition) is 20. The normalized spacial score (nSPS) is 20.9. The zero-order valence-electron chi connectivity index (χ0n) is 46.9. The van der Waals surface area contributed by atoms with Crippen molar-refractivity contribution in [1.29, 1.82) is 0 Å². The van der Waals surface area contributed by atoms with Gasteiger partial charge in [-0.2, -0.15) is 0 Å². The maximum Gasteiger partial charge on any atom is 1.00 e. The van der Waals surface area contributed by atoms with Gasteiger partial charge >= 0.3 is 455 Å².